The van der Waals surface area contributed by atoms with E-state index in [0.29, 0.717) is 21.3 Å². The van der Waals surface area contributed by atoms with Gasteiger partial charge in [-0.1, -0.05) is 37.6 Å². The number of urea groups is 1. The van der Waals surface area contributed by atoms with Crippen molar-refractivity contribution in [2.24, 2.45) is 16.5 Å². The lowest BCUT2D eigenvalue weighted by Crippen LogP contribution is -2.29. The average molecular weight is 466 g/mol. The Balaban J connectivity index is 0.000000589. The molecule has 1 fully saturated rings. The fourth-order valence-corrected chi connectivity index (χ4v) is 3.01. The molecule has 168 valence electrons. The van der Waals surface area contributed by atoms with Gasteiger partial charge in [-0.3, -0.25) is 9.79 Å². The molecule has 3 rings (SSSR count). The SMILES string of the molecule is C1CCOC1.CC.N/C=C(\C=Nc1csc(C(N)=O)c1)NC(=O)Nc1ccccc1Cl. The number of ether oxygens (including phenoxy) is 1. The van der Waals surface area contributed by atoms with Crippen LogP contribution in [0.5, 0.6) is 0 Å². The minimum Gasteiger partial charge on any atom is -0.403 e. The average Bonchev–Trinajstić information content (AvgIpc) is 3.49. The number of aliphatic imine (C=N–C) groups is 1. The van der Waals surface area contributed by atoms with E-state index in [1.54, 1.807) is 35.7 Å². The number of thiophene rings is 1. The molecule has 31 heavy (non-hydrogen) atoms. The van der Waals surface area contributed by atoms with E-state index in [9.17, 15) is 9.59 Å². The molecule has 0 atom stereocenters. The fourth-order valence-electron chi connectivity index (χ4n) is 2.14. The van der Waals surface area contributed by atoms with E-state index in [0.717, 1.165) is 13.2 Å². The van der Waals surface area contributed by atoms with Crippen LogP contribution in [0.25, 0.3) is 0 Å². The topological polar surface area (TPSA) is 132 Å². The molecule has 1 aliphatic heterocycles. The van der Waals surface area contributed by atoms with Gasteiger partial charge in [0.25, 0.3) is 5.91 Å². The molecule has 0 spiro atoms. The van der Waals surface area contributed by atoms with Crippen molar-refractivity contribution >= 4 is 52.5 Å². The molecule has 1 aromatic carbocycles. The molecular weight excluding hydrogens is 438 g/mol. The first kappa shape index (κ1) is 26.2. The summed E-state index contributed by atoms with van der Waals surface area (Å²) in [6, 6.07) is 7.85. The highest BCUT2D eigenvalue weighted by Crippen LogP contribution is 2.22. The summed E-state index contributed by atoms with van der Waals surface area (Å²) in [6.07, 6.45) is 5.11. The Morgan fingerprint density at radius 2 is 1.90 bits per heavy atom. The third kappa shape index (κ3) is 10.1. The van der Waals surface area contributed by atoms with Gasteiger partial charge in [0, 0.05) is 24.8 Å². The van der Waals surface area contributed by atoms with E-state index in [-0.39, 0.29) is 5.70 Å². The lowest BCUT2D eigenvalue weighted by atomic mass is 10.3. The van der Waals surface area contributed by atoms with E-state index in [4.69, 9.17) is 27.8 Å². The Morgan fingerprint density at radius 1 is 1.23 bits per heavy atom. The highest BCUT2D eigenvalue weighted by Gasteiger charge is 2.07. The molecule has 0 bridgehead atoms. The van der Waals surface area contributed by atoms with E-state index in [1.807, 2.05) is 13.8 Å². The van der Waals surface area contributed by atoms with Gasteiger partial charge < -0.3 is 26.8 Å². The summed E-state index contributed by atoms with van der Waals surface area (Å²) in [5.74, 6) is -0.520. The van der Waals surface area contributed by atoms with Gasteiger partial charge >= 0.3 is 6.03 Å². The van der Waals surface area contributed by atoms with Gasteiger partial charge in [0.15, 0.2) is 0 Å². The number of nitrogens with zero attached hydrogens (tertiary/aromatic N) is 1. The number of halogens is 1. The molecule has 10 heteroatoms. The van der Waals surface area contributed by atoms with Gasteiger partial charge in [-0.05, 0) is 31.0 Å². The number of primary amides is 1. The fraction of sp³-hybridized carbons (Fsp3) is 0.286. The van der Waals surface area contributed by atoms with Gasteiger partial charge in [-0.25, -0.2) is 4.79 Å². The van der Waals surface area contributed by atoms with Crippen LogP contribution < -0.4 is 22.1 Å². The van der Waals surface area contributed by atoms with E-state index < -0.39 is 11.9 Å². The third-order valence-electron chi connectivity index (χ3n) is 3.57. The molecule has 3 amide bonds. The molecule has 1 aliphatic rings. The molecule has 0 radical (unpaired) electrons. The monoisotopic (exact) mass is 465 g/mol. The van der Waals surface area contributed by atoms with Crippen molar-refractivity contribution in [2.45, 2.75) is 26.7 Å². The zero-order valence-corrected chi connectivity index (χ0v) is 19.1. The number of para-hydroxylation sites is 1. The number of allylic oxidation sites excluding steroid dienone is 1. The number of carbonyl (C=O) groups is 2. The second-order valence-electron chi connectivity index (χ2n) is 5.79. The Kier molecular flexibility index (Phi) is 12.7. The zero-order valence-electron chi connectivity index (χ0n) is 17.6. The first-order valence-corrected chi connectivity index (χ1v) is 11.0. The third-order valence-corrected chi connectivity index (χ3v) is 4.83. The van der Waals surface area contributed by atoms with E-state index in [2.05, 4.69) is 15.6 Å². The van der Waals surface area contributed by atoms with Crippen molar-refractivity contribution in [1.29, 1.82) is 0 Å². The smallest absolute Gasteiger partial charge is 0.323 e. The van der Waals surface area contributed by atoms with Crippen LogP contribution >= 0.6 is 22.9 Å². The van der Waals surface area contributed by atoms with Crippen molar-refractivity contribution in [3.05, 3.63) is 57.5 Å². The number of anilines is 1. The van der Waals surface area contributed by atoms with Crippen LogP contribution in [0.2, 0.25) is 5.02 Å². The Labute approximate surface area is 191 Å². The number of rotatable bonds is 5. The van der Waals surface area contributed by atoms with Gasteiger partial charge in [0.2, 0.25) is 0 Å². The second-order valence-corrected chi connectivity index (χ2v) is 7.11. The van der Waals surface area contributed by atoms with Crippen LogP contribution in [-0.4, -0.2) is 31.4 Å². The molecule has 6 N–H and O–H groups in total. The summed E-state index contributed by atoms with van der Waals surface area (Å²) in [5, 5.41) is 7.20. The predicted octanol–water partition coefficient (Wildman–Crippen LogP) is 4.65. The molecule has 2 aromatic rings. The summed E-state index contributed by atoms with van der Waals surface area (Å²) in [7, 11) is 0. The maximum atomic E-state index is 11.9. The molecule has 0 unspecified atom stereocenters. The summed E-state index contributed by atoms with van der Waals surface area (Å²) in [6.45, 7) is 6.00. The van der Waals surface area contributed by atoms with Crippen LogP contribution in [0.15, 0.2) is 52.6 Å². The molecular formula is C21H28ClN5O3S. The molecule has 1 saturated heterocycles. The molecule has 1 aromatic heterocycles. The quantitative estimate of drug-likeness (QED) is 0.478. The molecule has 0 saturated carbocycles. The van der Waals surface area contributed by atoms with Gasteiger partial charge in [0.05, 0.1) is 33.2 Å². The molecule has 8 nitrogen and oxygen atoms in total. The van der Waals surface area contributed by atoms with Crippen LogP contribution in [0.3, 0.4) is 0 Å². The van der Waals surface area contributed by atoms with Crippen LogP contribution in [0, 0.1) is 0 Å². The van der Waals surface area contributed by atoms with Crippen molar-refractivity contribution < 1.29 is 14.3 Å². The van der Waals surface area contributed by atoms with Gasteiger partial charge in [-0.2, -0.15) is 0 Å². The molecule has 2 heterocycles. The first-order valence-electron chi connectivity index (χ1n) is 9.74. The molecule has 0 aliphatic carbocycles. The number of benzene rings is 1. The number of hydrogen-bond acceptors (Lipinski definition) is 6. The Morgan fingerprint density at radius 3 is 2.42 bits per heavy atom. The Hall–Kier alpha value is -2.88. The minimum absolute atomic E-state index is 0.270. The summed E-state index contributed by atoms with van der Waals surface area (Å²) in [4.78, 5) is 27.5. The summed E-state index contributed by atoms with van der Waals surface area (Å²) >= 11 is 7.14. The normalized spacial score (nSPS) is 12.9. The zero-order chi connectivity index (χ0) is 23.1. The summed E-state index contributed by atoms with van der Waals surface area (Å²) in [5.41, 5.74) is 11.9. The minimum atomic E-state index is -0.520. The lowest BCUT2D eigenvalue weighted by Gasteiger charge is -2.08. The predicted molar refractivity (Wildman–Crippen MR) is 128 cm³/mol. The number of hydrogen-bond donors (Lipinski definition) is 4. The highest BCUT2D eigenvalue weighted by molar-refractivity contribution is 7.12. The van der Waals surface area contributed by atoms with Gasteiger partial charge in [-0.15, -0.1) is 11.3 Å². The Bertz CT molecular complexity index is 887. The van der Waals surface area contributed by atoms with E-state index in [1.165, 1.54) is 36.6 Å². The maximum Gasteiger partial charge on any atom is 0.323 e. The maximum absolute atomic E-state index is 11.9. The number of amides is 3. The van der Waals surface area contributed by atoms with Gasteiger partial charge in [0.1, 0.15) is 0 Å². The second kappa shape index (κ2) is 15.0. The van der Waals surface area contributed by atoms with Crippen molar-refractivity contribution in [1.82, 2.24) is 5.32 Å². The van der Waals surface area contributed by atoms with E-state index >= 15 is 0 Å². The number of nitrogens with two attached hydrogens (primary N) is 2. The largest absolute Gasteiger partial charge is 0.403 e. The van der Waals surface area contributed by atoms with Crippen LogP contribution in [-0.2, 0) is 4.74 Å². The van der Waals surface area contributed by atoms with Crippen LogP contribution in [0.1, 0.15) is 36.4 Å². The standard InChI is InChI=1S/C15H14ClN5O2S.C4H8O.C2H6/c16-11-3-1-2-4-12(11)21-15(23)20-10(6-17)7-19-9-5-13(14(18)22)24-8-9;1-2-4-5-3-1;1-2/h1-8H,17H2,(H2,18,22)(H2,20,21,23);1-4H2;1-2H3/b10-6+,19-7?;;. The summed E-state index contributed by atoms with van der Waals surface area (Å²) < 4.78 is 4.94. The van der Waals surface area contributed by atoms with Crippen LogP contribution in [0.4, 0.5) is 16.2 Å². The number of carbonyl (C=O) groups excluding carboxylic acids is 2. The lowest BCUT2D eigenvalue weighted by molar-refractivity contribution is 0.100. The van der Waals surface area contributed by atoms with Crippen molar-refractivity contribution in [3.63, 3.8) is 0 Å². The van der Waals surface area contributed by atoms with Crippen molar-refractivity contribution in [2.75, 3.05) is 18.5 Å². The highest BCUT2D eigenvalue weighted by atomic mass is 35.5. The first-order chi connectivity index (χ1) is 15.0. The van der Waals surface area contributed by atoms with Crippen molar-refractivity contribution in [3.8, 4) is 0 Å². The number of nitrogens with one attached hydrogen (secondary N) is 2.